The normalized spacial score (nSPS) is 14.5. The largest absolute Gasteiger partial charge is 0.768 e. The Morgan fingerprint density at radius 1 is 0.905 bits per heavy atom. The monoisotopic (exact) mass is 303 g/mol. The smallest absolute Gasteiger partial charge is 0.198 e. The summed E-state index contributed by atoms with van der Waals surface area (Å²) in [7, 11) is 0. The molecule has 0 spiro atoms. The molecule has 0 heterocycles. The highest BCUT2D eigenvalue weighted by Gasteiger charge is 2.34. The summed E-state index contributed by atoms with van der Waals surface area (Å²) in [6.45, 7) is 0. The Hall–Kier alpha value is -2.51. The zero-order valence-corrected chi connectivity index (χ0v) is 11.1. The van der Waals surface area contributed by atoms with E-state index in [0.717, 1.165) is 6.07 Å². The van der Waals surface area contributed by atoms with Gasteiger partial charge in [-0.25, -0.2) is 0 Å². The molecule has 21 heavy (non-hydrogen) atoms. The van der Waals surface area contributed by atoms with Crippen molar-refractivity contribution in [3.05, 3.63) is 52.6 Å². The van der Waals surface area contributed by atoms with Gasteiger partial charge in [0.15, 0.2) is 23.1 Å². The second kappa shape index (κ2) is 4.51. The number of carbonyl (C=O) groups is 2. The van der Waals surface area contributed by atoms with Crippen LogP contribution in [0, 0.1) is 0 Å². The standard InChI is InChI=1S/C14H8O6S/c15-11-6-3-1-2-4-7(6)12(16)10-8(11)5-9(21(19)20)13(17)14(10)18/h1-5,17-18H,(H,19,20)/p-1. The van der Waals surface area contributed by atoms with Crippen molar-refractivity contribution in [1.82, 2.24) is 0 Å². The lowest BCUT2D eigenvalue weighted by atomic mass is 9.83. The summed E-state index contributed by atoms with van der Waals surface area (Å²) in [6, 6.07) is 6.89. The average Bonchev–Trinajstić information content (AvgIpc) is 2.47. The van der Waals surface area contributed by atoms with E-state index in [9.17, 15) is 28.6 Å². The molecule has 6 nitrogen and oxygen atoms in total. The van der Waals surface area contributed by atoms with Crippen molar-refractivity contribution < 1.29 is 28.6 Å². The molecule has 2 N–H and O–H groups in total. The maximum Gasteiger partial charge on any atom is 0.198 e. The Balaban J connectivity index is 2.38. The van der Waals surface area contributed by atoms with E-state index in [-0.39, 0.29) is 22.3 Å². The fourth-order valence-corrected chi connectivity index (χ4v) is 2.80. The van der Waals surface area contributed by atoms with Crippen molar-refractivity contribution in [2.24, 2.45) is 0 Å². The molecule has 0 radical (unpaired) electrons. The molecule has 0 bridgehead atoms. The number of rotatable bonds is 1. The van der Waals surface area contributed by atoms with Gasteiger partial charge in [-0.05, 0) is 17.1 Å². The number of aromatic hydroxyl groups is 2. The molecule has 1 unspecified atom stereocenters. The first-order valence-corrected chi connectivity index (χ1v) is 6.87. The summed E-state index contributed by atoms with van der Waals surface area (Å²) in [6.07, 6.45) is 0. The molecule has 0 amide bonds. The predicted molar refractivity (Wildman–Crippen MR) is 70.3 cm³/mol. The number of benzene rings is 2. The lowest BCUT2D eigenvalue weighted by Crippen LogP contribution is -2.21. The molecule has 3 rings (SSSR count). The highest BCUT2D eigenvalue weighted by molar-refractivity contribution is 7.79. The number of hydrogen-bond donors (Lipinski definition) is 2. The Morgan fingerprint density at radius 2 is 1.48 bits per heavy atom. The third-order valence-electron chi connectivity index (χ3n) is 3.31. The first kappa shape index (κ1) is 13.5. The van der Waals surface area contributed by atoms with Gasteiger partial charge in [0.2, 0.25) is 0 Å². The van der Waals surface area contributed by atoms with E-state index in [2.05, 4.69) is 0 Å². The van der Waals surface area contributed by atoms with Crippen LogP contribution in [0.1, 0.15) is 31.8 Å². The molecule has 106 valence electrons. The fraction of sp³-hybridized carbons (Fsp3) is 0. The van der Waals surface area contributed by atoms with Crippen molar-refractivity contribution >= 4 is 22.6 Å². The van der Waals surface area contributed by atoms with Gasteiger partial charge in [-0.2, -0.15) is 0 Å². The molecule has 2 aromatic rings. The summed E-state index contributed by atoms with van der Waals surface area (Å²) in [5.41, 5.74) is -0.401. The second-order valence-corrected chi connectivity index (χ2v) is 5.34. The van der Waals surface area contributed by atoms with Gasteiger partial charge in [0.1, 0.15) is 0 Å². The zero-order valence-electron chi connectivity index (χ0n) is 10.3. The molecule has 0 saturated heterocycles. The van der Waals surface area contributed by atoms with Crippen molar-refractivity contribution in [3.63, 3.8) is 0 Å². The van der Waals surface area contributed by atoms with Crippen LogP contribution in [0.4, 0.5) is 0 Å². The summed E-state index contributed by atoms with van der Waals surface area (Å²) >= 11 is -2.86. The van der Waals surface area contributed by atoms with Crippen LogP contribution in [0.3, 0.4) is 0 Å². The van der Waals surface area contributed by atoms with Crippen molar-refractivity contribution in [2.45, 2.75) is 4.90 Å². The van der Waals surface area contributed by atoms with Crippen LogP contribution in [0.2, 0.25) is 0 Å². The van der Waals surface area contributed by atoms with Crippen LogP contribution >= 0.6 is 0 Å². The average molecular weight is 303 g/mol. The molecule has 1 aliphatic carbocycles. The minimum Gasteiger partial charge on any atom is -0.768 e. The molecule has 2 aromatic carbocycles. The van der Waals surface area contributed by atoms with E-state index < -0.39 is 39.0 Å². The van der Waals surface area contributed by atoms with Gasteiger partial charge >= 0.3 is 0 Å². The maximum atomic E-state index is 12.3. The lowest BCUT2D eigenvalue weighted by molar-refractivity contribution is 0.0975. The Bertz CT molecular complexity index is 840. The SMILES string of the molecule is O=C1c2ccccc2C(=O)c2c1cc(S(=O)[O-])c(O)c2O. The minimum absolute atomic E-state index is 0.0979. The molecular formula is C14H7O6S-. The second-order valence-electron chi connectivity index (χ2n) is 4.43. The van der Waals surface area contributed by atoms with Crippen LogP contribution in [-0.2, 0) is 11.1 Å². The van der Waals surface area contributed by atoms with Crippen LogP contribution in [0.5, 0.6) is 11.5 Å². The highest BCUT2D eigenvalue weighted by atomic mass is 32.2. The Labute approximate surface area is 121 Å². The van der Waals surface area contributed by atoms with Crippen LogP contribution in [-0.4, -0.2) is 30.5 Å². The molecule has 1 atom stereocenters. The van der Waals surface area contributed by atoms with Crippen molar-refractivity contribution in [3.8, 4) is 11.5 Å². The Morgan fingerprint density at radius 3 is 2.05 bits per heavy atom. The number of hydrogen-bond acceptors (Lipinski definition) is 6. The number of phenolic OH excluding ortho intramolecular Hbond substituents is 2. The number of carbonyl (C=O) groups excluding carboxylic acids is 2. The van der Waals surface area contributed by atoms with Gasteiger partial charge in [-0.1, -0.05) is 24.3 Å². The van der Waals surface area contributed by atoms with Crippen molar-refractivity contribution in [1.29, 1.82) is 0 Å². The fourth-order valence-electron chi connectivity index (χ4n) is 2.33. The van der Waals surface area contributed by atoms with Gasteiger partial charge in [0.05, 0.1) is 10.5 Å². The quantitative estimate of drug-likeness (QED) is 0.514. The predicted octanol–water partition coefficient (Wildman–Crippen LogP) is 1.11. The molecule has 0 fully saturated rings. The third kappa shape index (κ3) is 1.78. The Kier molecular flexibility index (Phi) is 2.89. The van der Waals surface area contributed by atoms with Crippen LogP contribution < -0.4 is 0 Å². The van der Waals surface area contributed by atoms with E-state index in [4.69, 9.17) is 0 Å². The van der Waals surface area contributed by atoms with E-state index in [1.165, 1.54) is 12.1 Å². The highest BCUT2D eigenvalue weighted by Crippen LogP contribution is 2.41. The molecule has 1 aliphatic rings. The van der Waals surface area contributed by atoms with E-state index in [0.29, 0.717) is 0 Å². The lowest BCUT2D eigenvalue weighted by Gasteiger charge is -2.20. The van der Waals surface area contributed by atoms with E-state index >= 15 is 0 Å². The zero-order chi connectivity index (χ0) is 15.3. The molecule has 0 aliphatic heterocycles. The van der Waals surface area contributed by atoms with Gasteiger partial charge in [-0.15, -0.1) is 0 Å². The summed E-state index contributed by atoms with van der Waals surface area (Å²) in [5.74, 6) is -3.07. The summed E-state index contributed by atoms with van der Waals surface area (Å²) in [4.78, 5) is 24.0. The first-order valence-electron chi connectivity index (χ1n) is 5.80. The van der Waals surface area contributed by atoms with Gasteiger partial charge in [-0.3, -0.25) is 13.8 Å². The van der Waals surface area contributed by atoms with E-state index in [1.807, 2.05) is 0 Å². The summed E-state index contributed by atoms with van der Waals surface area (Å²) < 4.78 is 22.1. The van der Waals surface area contributed by atoms with Gasteiger partial charge < -0.3 is 14.8 Å². The van der Waals surface area contributed by atoms with Gasteiger partial charge in [0, 0.05) is 16.7 Å². The van der Waals surface area contributed by atoms with Gasteiger partial charge in [0.25, 0.3) is 0 Å². The van der Waals surface area contributed by atoms with Crippen LogP contribution in [0.25, 0.3) is 0 Å². The molecular weight excluding hydrogens is 296 g/mol. The van der Waals surface area contributed by atoms with Crippen molar-refractivity contribution in [2.75, 3.05) is 0 Å². The third-order valence-corrected chi connectivity index (χ3v) is 3.98. The number of fused-ring (bicyclic) bond motifs is 2. The molecule has 7 heteroatoms. The molecule has 0 aromatic heterocycles. The van der Waals surface area contributed by atoms with Crippen LogP contribution in [0.15, 0.2) is 35.2 Å². The topological polar surface area (TPSA) is 115 Å². The number of phenols is 2. The summed E-state index contributed by atoms with van der Waals surface area (Å²) in [5, 5.41) is 19.6. The molecule has 0 saturated carbocycles. The number of ketones is 2. The first-order chi connectivity index (χ1) is 9.93. The maximum absolute atomic E-state index is 12.3. The minimum atomic E-state index is -2.86. The van der Waals surface area contributed by atoms with E-state index in [1.54, 1.807) is 12.1 Å².